The summed E-state index contributed by atoms with van der Waals surface area (Å²) in [4.78, 5) is 12.1. The van der Waals surface area contributed by atoms with Gasteiger partial charge in [-0.1, -0.05) is 48.5 Å². The van der Waals surface area contributed by atoms with Crippen LogP contribution in [0.4, 0.5) is 4.39 Å². The van der Waals surface area contributed by atoms with Gasteiger partial charge in [0.1, 0.15) is 11.6 Å². The Morgan fingerprint density at radius 3 is 2.42 bits per heavy atom. The van der Waals surface area contributed by atoms with Gasteiger partial charge in [0, 0.05) is 12.6 Å². The molecule has 0 aliphatic rings. The molecule has 0 aliphatic carbocycles. The Hall–Kier alpha value is -3.14. The molecule has 0 bridgehead atoms. The summed E-state index contributed by atoms with van der Waals surface area (Å²) in [6.07, 6.45) is 0. The number of phenolic OH excluding ortho intramolecular Hbond substituents is 1. The van der Waals surface area contributed by atoms with E-state index in [0.717, 1.165) is 28.8 Å². The molecule has 120 valence electrons. The van der Waals surface area contributed by atoms with Crippen LogP contribution in [-0.2, 0) is 6.54 Å². The van der Waals surface area contributed by atoms with Gasteiger partial charge in [0.05, 0.1) is 5.56 Å². The lowest BCUT2D eigenvalue weighted by molar-refractivity contribution is 0.0948. The van der Waals surface area contributed by atoms with Crippen molar-refractivity contribution in [3.05, 3.63) is 89.7 Å². The van der Waals surface area contributed by atoms with E-state index in [9.17, 15) is 14.3 Å². The Morgan fingerprint density at radius 2 is 1.67 bits per heavy atom. The molecule has 0 unspecified atom stereocenters. The third kappa shape index (κ3) is 3.60. The first-order valence-corrected chi connectivity index (χ1v) is 7.54. The van der Waals surface area contributed by atoms with Crippen molar-refractivity contribution in [2.75, 3.05) is 0 Å². The van der Waals surface area contributed by atoms with Crippen molar-refractivity contribution in [1.29, 1.82) is 0 Å². The van der Waals surface area contributed by atoms with E-state index in [4.69, 9.17) is 0 Å². The molecule has 0 atom stereocenters. The maximum Gasteiger partial charge on any atom is 0.255 e. The molecule has 0 saturated carbocycles. The van der Waals surface area contributed by atoms with Gasteiger partial charge in [-0.15, -0.1) is 0 Å². The Morgan fingerprint density at radius 1 is 0.917 bits per heavy atom. The van der Waals surface area contributed by atoms with Crippen LogP contribution >= 0.6 is 0 Å². The smallest absolute Gasteiger partial charge is 0.255 e. The molecule has 24 heavy (non-hydrogen) atoms. The minimum absolute atomic E-state index is 0.0515. The molecular formula is C20H16FNO2. The second kappa shape index (κ2) is 6.96. The summed E-state index contributed by atoms with van der Waals surface area (Å²) in [6, 6.07) is 21.1. The fraction of sp³-hybridized carbons (Fsp3) is 0.0500. The zero-order valence-corrected chi connectivity index (χ0v) is 12.9. The van der Waals surface area contributed by atoms with Crippen molar-refractivity contribution < 1.29 is 14.3 Å². The highest BCUT2D eigenvalue weighted by Gasteiger charge is 2.11. The van der Waals surface area contributed by atoms with Gasteiger partial charge in [-0.3, -0.25) is 4.79 Å². The minimum atomic E-state index is -0.584. The third-order valence-corrected chi connectivity index (χ3v) is 3.69. The van der Waals surface area contributed by atoms with Crippen LogP contribution in [0.3, 0.4) is 0 Å². The van der Waals surface area contributed by atoms with Crippen LogP contribution in [0.2, 0.25) is 0 Å². The standard InChI is InChI=1S/C20H16FNO2/c21-17-9-10-18(19(23)12-17)20(24)22-13-14-5-4-8-16(11-14)15-6-2-1-3-7-15/h1-12,23H,13H2,(H,22,24). The maximum absolute atomic E-state index is 13.0. The largest absolute Gasteiger partial charge is 0.507 e. The number of rotatable bonds is 4. The average molecular weight is 321 g/mol. The lowest BCUT2D eigenvalue weighted by Gasteiger charge is -2.09. The van der Waals surface area contributed by atoms with Crippen LogP contribution in [0, 0.1) is 5.82 Å². The Labute approximate surface area is 139 Å². The molecule has 3 aromatic rings. The lowest BCUT2D eigenvalue weighted by Crippen LogP contribution is -2.22. The van der Waals surface area contributed by atoms with E-state index in [2.05, 4.69) is 5.32 Å². The quantitative estimate of drug-likeness (QED) is 0.759. The predicted octanol–water partition coefficient (Wildman–Crippen LogP) is 4.13. The SMILES string of the molecule is O=C(NCc1cccc(-c2ccccc2)c1)c1ccc(F)cc1O. The van der Waals surface area contributed by atoms with Crippen LogP contribution in [0.25, 0.3) is 11.1 Å². The third-order valence-electron chi connectivity index (χ3n) is 3.69. The number of hydrogen-bond acceptors (Lipinski definition) is 2. The molecule has 3 rings (SSSR count). The van der Waals surface area contributed by atoms with Crippen molar-refractivity contribution in [2.24, 2.45) is 0 Å². The van der Waals surface area contributed by atoms with Gasteiger partial charge < -0.3 is 10.4 Å². The highest BCUT2D eigenvalue weighted by Crippen LogP contribution is 2.21. The summed E-state index contributed by atoms with van der Waals surface area (Å²) < 4.78 is 13.0. The Bertz CT molecular complexity index is 863. The summed E-state index contributed by atoms with van der Waals surface area (Å²) in [5, 5.41) is 12.4. The van der Waals surface area contributed by atoms with Crippen molar-refractivity contribution in [1.82, 2.24) is 5.32 Å². The van der Waals surface area contributed by atoms with Crippen LogP contribution < -0.4 is 5.32 Å². The fourth-order valence-corrected chi connectivity index (χ4v) is 2.47. The van der Waals surface area contributed by atoms with Crippen molar-refractivity contribution in [2.45, 2.75) is 6.54 Å². The van der Waals surface area contributed by atoms with E-state index < -0.39 is 11.7 Å². The van der Waals surface area contributed by atoms with Gasteiger partial charge in [-0.25, -0.2) is 4.39 Å². The lowest BCUT2D eigenvalue weighted by atomic mass is 10.0. The molecule has 3 aromatic carbocycles. The number of carbonyl (C=O) groups excluding carboxylic acids is 1. The van der Waals surface area contributed by atoms with Crippen molar-refractivity contribution in [3.8, 4) is 16.9 Å². The molecule has 0 heterocycles. The predicted molar refractivity (Wildman–Crippen MR) is 91.1 cm³/mol. The van der Waals surface area contributed by atoms with E-state index in [0.29, 0.717) is 6.54 Å². The molecule has 0 spiro atoms. The summed E-state index contributed by atoms with van der Waals surface area (Å²) in [5.74, 6) is -1.40. The van der Waals surface area contributed by atoms with Crippen LogP contribution in [-0.4, -0.2) is 11.0 Å². The molecule has 2 N–H and O–H groups in total. The number of hydrogen-bond donors (Lipinski definition) is 2. The number of benzene rings is 3. The van der Waals surface area contributed by atoms with Crippen LogP contribution in [0.1, 0.15) is 15.9 Å². The summed E-state index contributed by atoms with van der Waals surface area (Å²) in [5.41, 5.74) is 3.15. The van der Waals surface area contributed by atoms with E-state index in [-0.39, 0.29) is 11.3 Å². The number of nitrogens with one attached hydrogen (secondary N) is 1. The van der Waals surface area contributed by atoms with Gasteiger partial charge in [-0.05, 0) is 34.9 Å². The number of halogens is 1. The van der Waals surface area contributed by atoms with Gasteiger partial charge in [0.25, 0.3) is 5.91 Å². The second-order valence-corrected chi connectivity index (χ2v) is 5.41. The molecule has 1 amide bonds. The molecule has 0 fully saturated rings. The first-order chi connectivity index (χ1) is 11.6. The number of aromatic hydroxyl groups is 1. The van der Waals surface area contributed by atoms with E-state index in [1.807, 2.05) is 54.6 Å². The first-order valence-electron chi connectivity index (χ1n) is 7.54. The highest BCUT2D eigenvalue weighted by molar-refractivity contribution is 5.96. The minimum Gasteiger partial charge on any atom is -0.507 e. The number of amides is 1. The average Bonchev–Trinajstić information content (AvgIpc) is 2.61. The summed E-state index contributed by atoms with van der Waals surface area (Å²) in [7, 11) is 0. The van der Waals surface area contributed by atoms with Gasteiger partial charge >= 0.3 is 0 Å². The zero-order valence-electron chi connectivity index (χ0n) is 12.9. The Balaban J connectivity index is 1.72. The second-order valence-electron chi connectivity index (χ2n) is 5.41. The summed E-state index contributed by atoms with van der Waals surface area (Å²) >= 11 is 0. The normalized spacial score (nSPS) is 10.4. The fourth-order valence-electron chi connectivity index (χ4n) is 2.47. The Kier molecular flexibility index (Phi) is 4.57. The van der Waals surface area contributed by atoms with Crippen LogP contribution in [0.5, 0.6) is 5.75 Å². The topological polar surface area (TPSA) is 49.3 Å². The molecule has 3 nitrogen and oxygen atoms in total. The molecule has 0 aromatic heterocycles. The molecule has 4 heteroatoms. The molecular weight excluding hydrogens is 305 g/mol. The number of carbonyl (C=O) groups is 1. The zero-order chi connectivity index (χ0) is 16.9. The van der Waals surface area contributed by atoms with Crippen molar-refractivity contribution >= 4 is 5.91 Å². The highest BCUT2D eigenvalue weighted by atomic mass is 19.1. The van der Waals surface area contributed by atoms with Crippen molar-refractivity contribution in [3.63, 3.8) is 0 Å². The van der Waals surface area contributed by atoms with Crippen LogP contribution in [0.15, 0.2) is 72.8 Å². The number of phenols is 1. The summed E-state index contributed by atoms with van der Waals surface area (Å²) in [6.45, 7) is 0.316. The molecule has 0 saturated heterocycles. The molecule has 0 radical (unpaired) electrons. The molecule has 0 aliphatic heterocycles. The van der Waals surface area contributed by atoms with Gasteiger partial charge in [0.15, 0.2) is 0 Å². The van der Waals surface area contributed by atoms with E-state index in [1.54, 1.807) is 0 Å². The van der Waals surface area contributed by atoms with Gasteiger partial charge in [-0.2, -0.15) is 0 Å². The maximum atomic E-state index is 13.0. The first kappa shape index (κ1) is 15.7. The van der Waals surface area contributed by atoms with Gasteiger partial charge in [0.2, 0.25) is 0 Å². The van der Waals surface area contributed by atoms with E-state index in [1.165, 1.54) is 6.07 Å². The monoisotopic (exact) mass is 321 g/mol. The van der Waals surface area contributed by atoms with E-state index >= 15 is 0 Å².